The summed E-state index contributed by atoms with van der Waals surface area (Å²) in [6.07, 6.45) is -0.328. The van der Waals surface area contributed by atoms with Crippen LogP contribution in [0.2, 0.25) is 0 Å². The molecule has 0 unspecified atom stereocenters. The van der Waals surface area contributed by atoms with E-state index in [1.54, 1.807) is 36.4 Å². The van der Waals surface area contributed by atoms with Crippen LogP contribution in [0.1, 0.15) is 10.4 Å². The molecule has 0 aliphatic rings. The van der Waals surface area contributed by atoms with Crippen LogP contribution in [0, 0.1) is 0 Å². The quantitative estimate of drug-likeness (QED) is 0.237. The van der Waals surface area contributed by atoms with Gasteiger partial charge in [-0.15, -0.1) is 0 Å². The first-order valence-corrected chi connectivity index (χ1v) is 13.0. The van der Waals surface area contributed by atoms with E-state index >= 15 is 0 Å². The van der Waals surface area contributed by atoms with Gasteiger partial charge in [-0.05, 0) is 42.5 Å². The van der Waals surface area contributed by atoms with Crippen molar-refractivity contribution in [1.82, 2.24) is 0 Å². The molecule has 0 radical (unpaired) electrons. The van der Waals surface area contributed by atoms with E-state index in [1.807, 2.05) is 18.2 Å². The van der Waals surface area contributed by atoms with Gasteiger partial charge in [-0.3, -0.25) is 4.31 Å². The molecule has 0 bridgehead atoms. The molecule has 3 N–H and O–H groups in total. The minimum Gasteiger partial charge on any atom is -0.495 e. The highest BCUT2D eigenvalue weighted by Crippen LogP contribution is 2.41. The van der Waals surface area contributed by atoms with Gasteiger partial charge in [0.15, 0.2) is 0 Å². The molecular weight excluding hydrogens is 516 g/mol. The van der Waals surface area contributed by atoms with Crippen molar-refractivity contribution < 1.29 is 41.7 Å². The third kappa shape index (κ3) is 5.56. The topological polar surface area (TPSA) is 159 Å². The lowest BCUT2D eigenvalue weighted by Crippen LogP contribution is -2.32. The summed E-state index contributed by atoms with van der Waals surface area (Å²) in [5.41, 5.74) is 5.58. The Kier molecular flexibility index (Phi) is 7.55. The number of furan rings is 1. The number of carbonyl (C=O) groups excluding carboxylic acids is 2. The highest BCUT2D eigenvalue weighted by atomic mass is 32.2. The molecule has 4 rings (SSSR count). The van der Waals surface area contributed by atoms with Gasteiger partial charge in [0.1, 0.15) is 34.2 Å². The summed E-state index contributed by atoms with van der Waals surface area (Å²) in [4.78, 5) is 24.3. The Labute approximate surface area is 218 Å². The average molecular weight is 541 g/mol. The normalized spacial score (nSPS) is 11.2. The number of hydrogen-bond donors (Lipinski definition) is 2. The Hall–Kier alpha value is -4.55. The summed E-state index contributed by atoms with van der Waals surface area (Å²) >= 11 is 0. The molecule has 0 saturated carbocycles. The number of para-hydroxylation sites is 1. The SMILES string of the molecule is COc1cc2c(C(=O)OC(N)=O)c(-c3ccc(Oc4ccccc4)cc3)oc2cc1N(CCO)S(C)(=O)=O. The third-order valence-corrected chi connectivity index (χ3v) is 6.63. The van der Waals surface area contributed by atoms with Crippen molar-refractivity contribution in [3.05, 3.63) is 72.3 Å². The molecule has 38 heavy (non-hydrogen) atoms. The summed E-state index contributed by atoms with van der Waals surface area (Å²) < 4.78 is 47.6. The number of primary amides is 1. The van der Waals surface area contributed by atoms with Gasteiger partial charge in [0.05, 0.1) is 32.2 Å². The Morgan fingerprint density at radius 1 is 1.03 bits per heavy atom. The van der Waals surface area contributed by atoms with Gasteiger partial charge in [0, 0.05) is 17.0 Å². The molecule has 0 aliphatic carbocycles. The lowest BCUT2D eigenvalue weighted by atomic mass is 10.0. The number of hydrogen-bond acceptors (Lipinski definition) is 9. The predicted octanol–water partition coefficient (Wildman–Crippen LogP) is 3.89. The summed E-state index contributed by atoms with van der Waals surface area (Å²) in [7, 11) is -2.50. The van der Waals surface area contributed by atoms with Crippen LogP contribution in [0.15, 0.2) is 71.1 Å². The molecule has 1 amide bonds. The van der Waals surface area contributed by atoms with E-state index < -0.39 is 28.7 Å². The Morgan fingerprint density at radius 2 is 1.68 bits per heavy atom. The molecule has 11 nitrogen and oxygen atoms in total. The molecule has 0 spiro atoms. The van der Waals surface area contributed by atoms with E-state index in [2.05, 4.69) is 4.74 Å². The van der Waals surface area contributed by atoms with Gasteiger partial charge >= 0.3 is 12.1 Å². The fraction of sp³-hybridized carbons (Fsp3) is 0.154. The molecule has 12 heteroatoms. The van der Waals surface area contributed by atoms with Crippen molar-refractivity contribution in [1.29, 1.82) is 0 Å². The molecule has 0 atom stereocenters. The van der Waals surface area contributed by atoms with Crippen LogP contribution >= 0.6 is 0 Å². The van der Waals surface area contributed by atoms with Crippen LogP contribution in [0.25, 0.3) is 22.3 Å². The molecule has 0 aliphatic heterocycles. The number of fused-ring (bicyclic) bond motifs is 1. The molecular formula is C26H24N2O9S. The lowest BCUT2D eigenvalue weighted by Gasteiger charge is -2.23. The maximum Gasteiger partial charge on any atom is 0.412 e. The first-order valence-electron chi connectivity index (χ1n) is 11.2. The number of anilines is 1. The minimum atomic E-state index is -3.81. The second kappa shape index (κ2) is 10.8. The molecule has 0 saturated heterocycles. The molecule has 1 heterocycles. The first kappa shape index (κ1) is 26.5. The zero-order valence-corrected chi connectivity index (χ0v) is 21.2. The molecule has 1 aromatic heterocycles. The van der Waals surface area contributed by atoms with Crippen LogP contribution in [0.4, 0.5) is 10.5 Å². The number of methoxy groups -OCH3 is 1. The number of nitrogens with two attached hydrogens (primary N) is 1. The maximum absolute atomic E-state index is 12.9. The molecule has 198 valence electrons. The predicted molar refractivity (Wildman–Crippen MR) is 139 cm³/mol. The second-order valence-corrected chi connectivity index (χ2v) is 9.94. The number of aliphatic hydroxyl groups excluding tert-OH is 1. The highest BCUT2D eigenvalue weighted by Gasteiger charge is 2.29. The molecule has 4 aromatic rings. The van der Waals surface area contributed by atoms with Crippen LogP contribution in [0.3, 0.4) is 0 Å². The van der Waals surface area contributed by atoms with Gasteiger partial charge < -0.3 is 29.5 Å². The Bertz CT molecular complexity index is 1580. The van der Waals surface area contributed by atoms with Gasteiger partial charge in [0.2, 0.25) is 10.0 Å². The average Bonchev–Trinajstić information content (AvgIpc) is 3.25. The lowest BCUT2D eigenvalue weighted by molar-refractivity contribution is 0.0640. The Balaban J connectivity index is 1.86. The van der Waals surface area contributed by atoms with Gasteiger partial charge in [-0.1, -0.05) is 18.2 Å². The zero-order valence-electron chi connectivity index (χ0n) is 20.4. The number of amides is 1. The summed E-state index contributed by atoms with van der Waals surface area (Å²) in [5, 5.41) is 9.61. The van der Waals surface area contributed by atoms with Crippen molar-refractivity contribution in [2.75, 3.05) is 30.8 Å². The largest absolute Gasteiger partial charge is 0.495 e. The summed E-state index contributed by atoms with van der Waals surface area (Å²) in [5.74, 6) is 0.205. The van der Waals surface area contributed by atoms with Gasteiger partial charge in [-0.2, -0.15) is 0 Å². The molecule has 0 fully saturated rings. The van der Waals surface area contributed by atoms with Crippen molar-refractivity contribution in [3.8, 4) is 28.6 Å². The number of sulfonamides is 1. The van der Waals surface area contributed by atoms with Crippen molar-refractivity contribution in [2.45, 2.75) is 0 Å². The van der Waals surface area contributed by atoms with Crippen molar-refractivity contribution >= 4 is 38.7 Å². The van der Waals surface area contributed by atoms with Crippen LogP contribution in [-0.2, 0) is 14.8 Å². The summed E-state index contributed by atoms with van der Waals surface area (Å²) in [6, 6.07) is 18.5. The molecule has 3 aromatic carbocycles. The van der Waals surface area contributed by atoms with Crippen molar-refractivity contribution in [2.24, 2.45) is 5.73 Å². The third-order valence-electron chi connectivity index (χ3n) is 5.45. The van der Waals surface area contributed by atoms with Crippen LogP contribution in [-0.4, -0.2) is 52.1 Å². The van der Waals surface area contributed by atoms with Crippen LogP contribution < -0.4 is 19.5 Å². The number of rotatable bonds is 9. The number of nitrogens with zero attached hydrogens (tertiary/aromatic N) is 1. The zero-order chi connectivity index (χ0) is 27.4. The van der Waals surface area contributed by atoms with E-state index in [-0.39, 0.29) is 40.3 Å². The number of benzene rings is 3. The number of esters is 1. The second-order valence-electron chi connectivity index (χ2n) is 8.03. The monoisotopic (exact) mass is 540 g/mol. The van der Waals surface area contributed by atoms with Gasteiger partial charge in [-0.25, -0.2) is 18.0 Å². The maximum atomic E-state index is 12.9. The number of ether oxygens (including phenoxy) is 3. The first-order chi connectivity index (χ1) is 18.1. The Morgan fingerprint density at radius 3 is 2.26 bits per heavy atom. The highest BCUT2D eigenvalue weighted by molar-refractivity contribution is 7.92. The van der Waals surface area contributed by atoms with E-state index in [9.17, 15) is 23.1 Å². The number of carbonyl (C=O) groups is 2. The standard InChI is InChI=1S/C26H24N2O9S/c1-34-22-14-19-21(15-20(22)28(12-13-29)38(2,32)33)36-24(23(19)25(30)37-26(27)31)16-8-10-18(11-9-16)35-17-6-4-3-5-7-17/h3-11,14-15,29H,12-13H2,1-2H3,(H2,27,31). The fourth-order valence-corrected chi connectivity index (χ4v) is 4.79. The van der Waals surface area contributed by atoms with E-state index in [1.165, 1.54) is 19.2 Å². The van der Waals surface area contributed by atoms with E-state index in [4.69, 9.17) is 19.6 Å². The van der Waals surface area contributed by atoms with Gasteiger partial charge in [0.25, 0.3) is 0 Å². The van der Waals surface area contributed by atoms with Crippen molar-refractivity contribution in [3.63, 3.8) is 0 Å². The smallest absolute Gasteiger partial charge is 0.412 e. The van der Waals surface area contributed by atoms with E-state index in [0.717, 1.165) is 10.6 Å². The minimum absolute atomic E-state index is 0.0461. The number of aliphatic hydroxyl groups is 1. The van der Waals surface area contributed by atoms with Crippen LogP contribution in [0.5, 0.6) is 17.2 Å². The summed E-state index contributed by atoms with van der Waals surface area (Å²) in [6.45, 7) is -0.695. The van der Waals surface area contributed by atoms with E-state index in [0.29, 0.717) is 17.1 Å². The fourth-order valence-electron chi connectivity index (χ4n) is 3.87.